The van der Waals surface area contributed by atoms with E-state index < -0.39 is 17.2 Å². The zero-order valence-electron chi connectivity index (χ0n) is 16.7. The first-order chi connectivity index (χ1) is 13.9. The number of esters is 1. The van der Waals surface area contributed by atoms with Crippen molar-refractivity contribution in [2.24, 2.45) is 5.73 Å². The quantitative estimate of drug-likeness (QED) is 0.486. The molecule has 8 heteroatoms. The Hall–Kier alpha value is -3.13. The van der Waals surface area contributed by atoms with Crippen LogP contribution >= 0.6 is 0 Å². The number of imidazole rings is 1. The molecule has 2 N–H and O–H groups in total. The maximum Gasteiger partial charge on any atom is 0.318 e. The van der Waals surface area contributed by atoms with Crippen LogP contribution < -0.4 is 5.73 Å². The molecule has 0 aliphatic carbocycles. The number of carbonyl (C=O) groups is 1. The van der Waals surface area contributed by atoms with Crippen molar-refractivity contribution in [3.8, 4) is 11.3 Å². The van der Waals surface area contributed by atoms with Gasteiger partial charge in [-0.2, -0.15) is 0 Å². The van der Waals surface area contributed by atoms with Crippen LogP contribution in [-0.2, 0) is 14.9 Å². The van der Waals surface area contributed by atoms with Crippen molar-refractivity contribution in [3.63, 3.8) is 0 Å². The lowest BCUT2D eigenvalue weighted by atomic mass is 9.76. The van der Waals surface area contributed by atoms with E-state index in [9.17, 15) is 9.18 Å². The summed E-state index contributed by atoms with van der Waals surface area (Å²) in [6.07, 6.45) is 4.82. The summed E-state index contributed by atoms with van der Waals surface area (Å²) >= 11 is 0. The van der Waals surface area contributed by atoms with Gasteiger partial charge in [0.1, 0.15) is 28.8 Å². The molecule has 7 nitrogen and oxygen atoms in total. The molecule has 1 atom stereocenters. The van der Waals surface area contributed by atoms with Gasteiger partial charge in [0.05, 0.1) is 13.4 Å². The number of ether oxygens (including phenoxy) is 1. The Morgan fingerprint density at radius 2 is 2.14 bits per heavy atom. The van der Waals surface area contributed by atoms with Gasteiger partial charge in [-0.3, -0.25) is 4.79 Å². The molecule has 29 heavy (non-hydrogen) atoms. The Bertz CT molecular complexity index is 1060. The molecule has 0 aliphatic heterocycles. The van der Waals surface area contributed by atoms with E-state index in [1.54, 1.807) is 18.5 Å². The molecule has 2 heterocycles. The highest BCUT2D eigenvalue weighted by Crippen LogP contribution is 2.35. The molecule has 0 saturated heterocycles. The zero-order valence-corrected chi connectivity index (χ0v) is 16.7. The van der Waals surface area contributed by atoms with Gasteiger partial charge in [0.25, 0.3) is 0 Å². The predicted octanol–water partition coefficient (Wildman–Crippen LogP) is 3.16. The molecule has 1 aromatic carbocycles. The number of allylic oxidation sites excluding steroid dienone is 1. The lowest BCUT2D eigenvalue weighted by molar-refractivity contribution is -0.147. The van der Waals surface area contributed by atoms with Crippen LogP contribution in [0, 0.1) is 5.82 Å². The zero-order chi connectivity index (χ0) is 21.2. The van der Waals surface area contributed by atoms with Crippen molar-refractivity contribution >= 4 is 17.1 Å². The first kappa shape index (κ1) is 20.6. The van der Waals surface area contributed by atoms with Crippen molar-refractivity contribution in [3.05, 3.63) is 54.9 Å². The lowest BCUT2D eigenvalue weighted by Crippen LogP contribution is -2.44. The second-order valence-electron chi connectivity index (χ2n) is 7.11. The molecule has 3 rings (SSSR count). The maximum absolute atomic E-state index is 14.9. The topological polar surface area (TPSA) is 95.9 Å². The number of nitrogens with zero attached hydrogens (tertiary/aromatic N) is 4. The van der Waals surface area contributed by atoms with Crippen LogP contribution in [0.25, 0.3) is 22.4 Å². The molecule has 0 spiro atoms. The summed E-state index contributed by atoms with van der Waals surface area (Å²) in [4.78, 5) is 25.7. The number of fused-ring (bicyclic) bond motifs is 1. The van der Waals surface area contributed by atoms with Crippen molar-refractivity contribution in [2.75, 3.05) is 13.7 Å². The van der Waals surface area contributed by atoms with Crippen LogP contribution in [0.1, 0.15) is 31.9 Å². The Morgan fingerprint density at radius 1 is 1.38 bits per heavy atom. The number of halogens is 1. The number of rotatable bonds is 7. The summed E-state index contributed by atoms with van der Waals surface area (Å²) in [5, 5.41) is 0. The highest BCUT2D eigenvalue weighted by molar-refractivity contribution is 5.89. The summed E-state index contributed by atoms with van der Waals surface area (Å²) in [6, 6.07) is 4.65. The molecule has 0 aliphatic rings. The number of benzene rings is 1. The number of hydrogen-bond donors (Lipinski definition) is 1. The average Bonchev–Trinajstić information content (AvgIpc) is 3.16. The van der Waals surface area contributed by atoms with Crippen molar-refractivity contribution in [2.45, 2.75) is 31.7 Å². The first-order valence-electron chi connectivity index (χ1n) is 9.27. The van der Waals surface area contributed by atoms with E-state index in [2.05, 4.69) is 21.5 Å². The molecule has 3 aromatic rings. The van der Waals surface area contributed by atoms with Crippen LogP contribution in [0.15, 0.2) is 43.5 Å². The average molecular weight is 397 g/mol. The van der Waals surface area contributed by atoms with E-state index in [-0.39, 0.29) is 24.6 Å². The molecule has 0 radical (unpaired) electrons. The largest absolute Gasteiger partial charge is 0.468 e. The van der Waals surface area contributed by atoms with Crippen molar-refractivity contribution in [1.82, 2.24) is 19.5 Å². The van der Waals surface area contributed by atoms with E-state index in [0.29, 0.717) is 22.4 Å². The van der Waals surface area contributed by atoms with E-state index in [1.165, 1.54) is 25.6 Å². The number of nitrogens with two attached hydrogens (primary N) is 1. The Morgan fingerprint density at radius 3 is 2.76 bits per heavy atom. The normalized spacial score (nSPS) is 13.4. The SMILES string of the molecule is C=CCC(CN)(C(=O)OC)c1cc(-c2ncnc3c2ncn3C(C)C)ccc1F. The van der Waals surface area contributed by atoms with Gasteiger partial charge in [0.15, 0.2) is 5.65 Å². The van der Waals surface area contributed by atoms with Crippen molar-refractivity contribution in [1.29, 1.82) is 0 Å². The Labute approximate surface area is 168 Å². The van der Waals surface area contributed by atoms with Gasteiger partial charge in [0.2, 0.25) is 0 Å². The van der Waals surface area contributed by atoms with Crippen LogP contribution in [0.4, 0.5) is 4.39 Å². The number of aromatic nitrogens is 4. The smallest absolute Gasteiger partial charge is 0.318 e. The monoisotopic (exact) mass is 397 g/mol. The second-order valence-corrected chi connectivity index (χ2v) is 7.11. The summed E-state index contributed by atoms with van der Waals surface area (Å²) in [7, 11) is 1.25. The summed E-state index contributed by atoms with van der Waals surface area (Å²) in [5.41, 5.74) is 7.12. The van der Waals surface area contributed by atoms with Gasteiger partial charge >= 0.3 is 5.97 Å². The van der Waals surface area contributed by atoms with Crippen LogP contribution in [-0.4, -0.2) is 39.1 Å². The predicted molar refractivity (Wildman–Crippen MR) is 109 cm³/mol. The maximum atomic E-state index is 14.9. The first-order valence-corrected chi connectivity index (χ1v) is 9.27. The minimum Gasteiger partial charge on any atom is -0.468 e. The van der Waals surface area contributed by atoms with Gasteiger partial charge in [0, 0.05) is 23.7 Å². The van der Waals surface area contributed by atoms with Crippen LogP contribution in [0.3, 0.4) is 0 Å². The molecule has 152 valence electrons. The fourth-order valence-electron chi connectivity index (χ4n) is 3.50. The number of hydrogen-bond acceptors (Lipinski definition) is 6. The lowest BCUT2D eigenvalue weighted by Gasteiger charge is -2.29. The van der Waals surface area contributed by atoms with Crippen LogP contribution in [0.5, 0.6) is 0 Å². The van der Waals surface area contributed by atoms with Gasteiger partial charge in [-0.25, -0.2) is 19.3 Å². The van der Waals surface area contributed by atoms with Gasteiger partial charge in [-0.15, -0.1) is 6.58 Å². The molecule has 0 fully saturated rings. The van der Waals surface area contributed by atoms with Gasteiger partial charge in [-0.05, 0) is 38.5 Å². The third-order valence-corrected chi connectivity index (χ3v) is 5.09. The summed E-state index contributed by atoms with van der Waals surface area (Å²) < 4.78 is 21.7. The second kappa shape index (κ2) is 8.08. The Kier molecular flexibility index (Phi) is 5.74. The van der Waals surface area contributed by atoms with Crippen LogP contribution in [0.2, 0.25) is 0 Å². The summed E-state index contributed by atoms with van der Waals surface area (Å²) in [5.74, 6) is -1.17. The molecule has 0 bridgehead atoms. The minimum absolute atomic E-state index is 0.132. The standard InChI is InChI=1S/C21H24FN5O2/c1-5-8-21(10-23,20(28)29-4)15-9-14(6-7-16(15)22)17-18-19(25-11-24-17)27(12-26-18)13(2)3/h5-7,9,11-13H,1,8,10,23H2,2-4H3. The third kappa shape index (κ3) is 3.40. The van der Waals surface area contributed by atoms with Gasteiger partial charge < -0.3 is 15.0 Å². The van der Waals surface area contributed by atoms with E-state index in [1.807, 2.05) is 18.4 Å². The molecule has 1 unspecified atom stereocenters. The Balaban J connectivity index is 2.23. The molecule has 2 aromatic heterocycles. The molecular formula is C21H24FN5O2. The molecule has 0 saturated carbocycles. The summed E-state index contributed by atoms with van der Waals surface area (Å²) in [6.45, 7) is 7.61. The van der Waals surface area contributed by atoms with Gasteiger partial charge in [-0.1, -0.05) is 6.08 Å². The van der Waals surface area contributed by atoms with E-state index >= 15 is 0 Å². The fourth-order valence-corrected chi connectivity index (χ4v) is 3.50. The molecular weight excluding hydrogens is 373 g/mol. The third-order valence-electron chi connectivity index (χ3n) is 5.09. The number of carbonyl (C=O) groups excluding carboxylic acids is 1. The van der Waals surface area contributed by atoms with Crippen molar-refractivity contribution < 1.29 is 13.9 Å². The fraction of sp³-hybridized carbons (Fsp3) is 0.333. The van der Waals surface area contributed by atoms with E-state index in [0.717, 1.165) is 0 Å². The molecule has 0 amide bonds. The highest BCUT2D eigenvalue weighted by atomic mass is 19.1. The highest BCUT2D eigenvalue weighted by Gasteiger charge is 2.41. The number of methoxy groups -OCH3 is 1. The van der Waals surface area contributed by atoms with E-state index in [4.69, 9.17) is 10.5 Å². The minimum atomic E-state index is -1.37.